The molecule has 0 saturated heterocycles. The van der Waals surface area contributed by atoms with E-state index in [4.69, 9.17) is 9.47 Å². The quantitative estimate of drug-likeness (QED) is 0.742. The smallest absolute Gasteiger partial charge is 0.144 e. The number of benzene rings is 2. The lowest BCUT2D eigenvalue weighted by atomic mass is 10.0. The Hall–Kier alpha value is -2.47. The maximum atomic E-state index is 10.6. The maximum Gasteiger partial charge on any atom is 0.144 e. The van der Waals surface area contributed by atoms with E-state index >= 15 is 0 Å². The lowest BCUT2D eigenvalue weighted by molar-refractivity contribution is -0.152. The van der Waals surface area contributed by atoms with Crippen molar-refractivity contribution in [3.8, 4) is 0 Å². The van der Waals surface area contributed by atoms with E-state index in [9.17, 15) is 5.11 Å². The Balaban J connectivity index is 1.51. The first-order valence-electron chi connectivity index (χ1n) is 8.81. The molecular formula is C21H22N2O3. The first-order chi connectivity index (χ1) is 12.8. The largest absolute Gasteiger partial charge is 0.388 e. The Morgan fingerprint density at radius 2 is 1.54 bits per heavy atom. The summed E-state index contributed by atoms with van der Waals surface area (Å²) in [5.74, 6) is 0.796. The van der Waals surface area contributed by atoms with Crippen LogP contribution in [0.4, 0.5) is 0 Å². The Labute approximate surface area is 152 Å². The molecule has 1 aromatic heterocycles. The number of fused-ring (bicyclic) bond motifs is 1. The molecule has 26 heavy (non-hydrogen) atoms. The number of aromatic nitrogens is 2. The van der Waals surface area contributed by atoms with E-state index in [2.05, 4.69) is 4.98 Å². The third kappa shape index (κ3) is 3.70. The molecule has 0 unspecified atom stereocenters. The van der Waals surface area contributed by atoms with Crippen LogP contribution >= 0.6 is 0 Å². The summed E-state index contributed by atoms with van der Waals surface area (Å²) >= 11 is 0. The molecule has 0 aliphatic carbocycles. The number of hydrogen-bond acceptors (Lipinski definition) is 4. The lowest BCUT2D eigenvalue weighted by Gasteiger charge is -2.35. The number of imidazole rings is 1. The van der Waals surface area contributed by atoms with Crippen LogP contribution < -0.4 is 0 Å². The van der Waals surface area contributed by atoms with Crippen molar-refractivity contribution < 1.29 is 14.6 Å². The highest BCUT2D eigenvalue weighted by molar-refractivity contribution is 5.15. The SMILES string of the molecule is O[C@@H]1Cn2ccnc2[C@@H](OCc2ccccc2)[C@H]1OCc1ccccc1. The van der Waals surface area contributed by atoms with Crippen molar-refractivity contribution in [2.24, 2.45) is 0 Å². The average molecular weight is 350 g/mol. The number of hydrogen-bond donors (Lipinski definition) is 1. The standard InChI is InChI=1S/C21H22N2O3/c24-18-13-23-12-11-22-21(23)20(26-15-17-9-5-2-6-10-17)19(18)25-14-16-7-3-1-4-8-16/h1-12,18-20,24H,13-15H2/t18-,19+,20+/m1/s1. The first kappa shape index (κ1) is 17.0. The lowest BCUT2D eigenvalue weighted by Crippen LogP contribution is -2.44. The minimum absolute atomic E-state index is 0.419. The fraction of sp³-hybridized carbons (Fsp3) is 0.286. The van der Waals surface area contributed by atoms with Crippen LogP contribution in [-0.4, -0.2) is 26.9 Å². The number of ether oxygens (including phenoxy) is 2. The van der Waals surface area contributed by atoms with Gasteiger partial charge in [-0.2, -0.15) is 0 Å². The van der Waals surface area contributed by atoms with Gasteiger partial charge in [0.05, 0.1) is 19.8 Å². The van der Waals surface area contributed by atoms with Crippen molar-refractivity contribution >= 4 is 0 Å². The highest BCUT2D eigenvalue weighted by Gasteiger charge is 2.38. The van der Waals surface area contributed by atoms with Gasteiger partial charge < -0.3 is 19.1 Å². The zero-order valence-electron chi connectivity index (χ0n) is 14.4. The molecule has 3 atom stereocenters. The fourth-order valence-corrected chi connectivity index (χ4v) is 3.28. The van der Waals surface area contributed by atoms with Gasteiger partial charge in [0.2, 0.25) is 0 Å². The van der Waals surface area contributed by atoms with Gasteiger partial charge in [-0.1, -0.05) is 60.7 Å². The molecule has 0 saturated carbocycles. The summed E-state index contributed by atoms with van der Waals surface area (Å²) in [6.45, 7) is 1.32. The third-order valence-corrected chi connectivity index (χ3v) is 4.62. The van der Waals surface area contributed by atoms with Crippen LogP contribution in [0.2, 0.25) is 0 Å². The minimum Gasteiger partial charge on any atom is -0.388 e. The molecule has 1 aliphatic rings. The molecule has 0 spiro atoms. The van der Waals surface area contributed by atoms with Gasteiger partial charge in [0.1, 0.15) is 24.1 Å². The summed E-state index contributed by atoms with van der Waals surface area (Å²) in [5.41, 5.74) is 2.14. The van der Waals surface area contributed by atoms with Crippen molar-refractivity contribution in [1.82, 2.24) is 9.55 Å². The molecule has 5 heteroatoms. The number of aliphatic hydroxyl groups excluding tert-OH is 1. The van der Waals surface area contributed by atoms with E-state index in [-0.39, 0.29) is 0 Å². The molecule has 4 rings (SSSR count). The van der Waals surface area contributed by atoms with Gasteiger partial charge in [-0.3, -0.25) is 0 Å². The van der Waals surface area contributed by atoms with E-state index in [1.165, 1.54) is 0 Å². The summed E-state index contributed by atoms with van der Waals surface area (Å²) in [4.78, 5) is 4.44. The molecular weight excluding hydrogens is 328 g/mol. The van der Waals surface area contributed by atoms with E-state index in [1.54, 1.807) is 6.20 Å². The first-order valence-corrected chi connectivity index (χ1v) is 8.81. The van der Waals surface area contributed by atoms with Gasteiger partial charge >= 0.3 is 0 Å². The Bertz CT molecular complexity index is 820. The fourth-order valence-electron chi connectivity index (χ4n) is 3.28. The zero-order chi connectivity index (χ0) is 17.8. The highest BCUT2D eigenvalue weighted by Crippen LogP contribution is 2.31. The zero-order valence-corrected chi connectivity index (χ0v) is 14.4. The van der Waals surface area contributed by atoms with Gasteiger partial charge in [0, 0.05) is 12.4 Å². The van der Waals surface area contributed by atoms with Crippen molar-refractivity contribution in [1.29, 1.82) is 0 Å². The van der Waals surface area contributed by atoms with Crippen molar-refractivity contribution in [3.63, 3.8) is 0 Å². The van der Waals surface area contributed by atoms with Crippen LogP contribution in [-0.2, 0) is 29.2 Å². The summed E-state index contributed by atoms with van der Waals surface area (Å²) in [6, 6.07) is 19.9. The second-order valence-electron chi connectivity index (χ2n) is 6.48. The molecule has 134 valence electrons. The predicted octanol–water partition coefficient (Wildman–Crippen LogP) is 3.10. The van der Waals surface area contributed by atoms with Crippen LogP contribution in [0.15, 0.2) is 73.1 Å². The third-order valence-electron chi connectivity index (χ3n) is 4.62. The van der Waals surface area contributed by atoms with Crippen LogP contribution in [0.1, 0.15) is 23.1 Å². The molecule has 1 N–H and O–H groups in total. The number of aliphatic hydroxyl groups is 1. The van der Waals surface area contributed by atoms with Crippen LogP contribution in [0, 0.1) is 0 Å². The Kier molecular flexibility index (Phi) is 5.11. The van der Waals surface area contributed by atoms with E-state index in [0.717, 1.165) is 17.0 Å². The average Bonchev–Trinajstić information content (AvgIpc) is 3.14. The van der Waals surface area contributed by atoms with Crippen molar-refractivity contribution in [2.45, 2.75) is 38.1 Å². The normalized spacial score (nSPS) is 22.1. The molecule has 5 nitrogen and oxygen atoms in total. The van der Waals surface area contributed by atoms with E-state index < -0.39 is 18.3 Å². The summed E-state index contributed by atoms with van der Waals surface area (Å²) in [7, 11) is 0. The maximum absolute atomic E-state index is 10.6. The molecule has 1 aliphatic heterocycles. The van der Waals surface area contributed by atoms with Gasteiger partial charge in [0.25, 0.3) is 0 Å². The Morgan fingerprint density at radius 3 is 2.19 bits per heavy atom. The summed E-state index contributed by atoms with van der Waals surface area (Å²) in [6.07, 6.45) is 2.07. The second kappa shape index (κ2) is 7.83. The van der Waals surface area contributed by atoms with Gasteiger partial charge in [0.15, 0.2) is 0 Å². The molecule has 0 radical (unpaired) electrons. The van der Waals surface area contributed by atoms with Crippen LogP contribution in [0.5, 0.6) is 0 Å². The van der Waals surface area contributed by atoms with E-state index in [1.807, 2.05) is 71.4 Å². The van der Waals surface area contributed by atoms with Gasteiger partial charge in [-0.25, -0.2) is 4.98 Å². The number of nitrogens with zero attached hydrogens (tertiary/aromatic N) is 2. The second-order valence-corrected chi connectivity index (χ2v) is 6.48. The molecule has 3 aromatic rings. The van der Waals surface area contributed by atoms with Crippen molar-refractivity contribution in [2.75, 3.05) is 0 Å². The monoisotopic (exact) mass is 350 g/mol. The molecule has 0 bridgehead atoms. The Morgan fingerprint density at radius 1 is 0.923 bits per heavy atom. The summed E-state index contributed by atoms with van der Waals surface area (Å²) < 4.78 is 14.2. The predicted molar refractivity (Wildman–Crippen MR) is 97.2 cm³/mol. The topological polar surface area (TPSA) is 56.5 Å². The van der Waals surface area contributed by atoms with Gasteiger partial charge in [-0.05, 0) is 11.1 Å². The highest BCUT2D eigenvalue weighted by atomic mass is 16.5. The van der Waals surface area contributed by atoms with Gasteiger partial charge in [-0.15, -0.1) is 0 Å². The van der Waals surface area contributed by atoms with Crippen LogP contribution in [0.25, 0.3) is 0 Å². The molecule has 2 aromatic carbocycles. The van der Waals surface area contributed by atoms with E-state index in [0.29, 0.717) is 19.8 Å². The molecule has 2 heterocycles. The van der Waals surface area contributed by atoms with Crippen LogP contribution in [0.3, 0.4) is 0 Å². The number of rotatable bonds is 6. The molecule has 0 amide bonds. The van der Waals surface area contributed by atoms with Crippen molar-refractivity contribution in [3.05, 3.63) is 90.0 Å². The molecule has 0 fully saturated rings. The summed E-state index contributed by atoms with van der Waals surface area (Å²) in [5, 5.41) is 10.6. The minimum atomic E-state index is -0.652.